The minimum atomic E-state index is 0. The quantitative estimate of drug-likeness (QED) is 0.338. The van der Waals surface area contributed by atoms with E-state index < -0.39 is 0 Å². The van der Waals surface area contributed by atoms with Crippen LogP contribution in [0.2, 0.25) is 0 Å². The van der Waals surface area contributed by atoms with E-state index in [2.05, 4.69) is 71.2 Å². The van der Waals surface area contributed by atoms with Crippen molar-refractivity contribution in [2.75, 3.05) is 4.90 Å². The summed E-state index contributed by atoms with van der Waals surface area (Å²) in [4.78, 5) is 2.78. The van der Waals surface area contributed by atoms with Crippen LogP contribution in [0.15, 0.2) is 18.2 Å². The van der Waals surface area contributed by atoms with Crippen LogP contribution >= 0.6 is 0 Å². The molecule has 1 aromatic carbocycles. The van der Waals surface area contributed by atoms with Crippen LogP contribution in [-0.4, -0.2) is 11.0 Å². The van der Waals surface area contributed by atoms with Crippen LogP contribution in [0.25, 0.3) is 0 Å². The fourth-order valence-corrected chi connectivity index (χ4v) is 8.01. The van der Waals surface area contributed by atoms with Crippen LogP contribution in [0.5, 0.6) is 0 Å². The third-order valence-electron chi connectivity index (χ3n) is 9.00. The van der Waals surface area contributed by atoms with Crippen LogP contribution in [0, 0.1) is 35.6 Å². The first-order chi connectivity index (χ1) is 13.2. The third-order valence-corrected chi connectivity index (χ3v) is 9.00. The maximum Gasteiger partial charge on any atom is 1.00 e. The van der Waals surface area contributed by atoms with Crippen molar-refractivity contribution >= 4 is 5.69 Å². The van der Waals surface area contributed by atoms with Gasteiger partial charge in [-0.3, -0.25) is 0 Å². The number of hydrogen-bond acceptors (Lipinski definition) is 2. The molecule has 30 heavy (non-hydrogen) atoms. The first-order valence-corrected chi connectivity index (χ1v) is 12.0. The summed E-state index contributed by atoms with van der Waals surface area (Å²) in [6.45, 7) is 17.3. The van der Waals surface area contributed by atoms with Gasteiger partial charge >= 0.3 is 22.4 Å². The molecule has 5 aliphatic rings. The van der Waals surface area contributed by atoms with Crippen molar-refractivity contribution in [3.8, 4) is 0 Å². The number of hydrogen-bond donors (Lipinski definition) is 0. The molecule has 3 heteroatoms. The number of benzene rings is 1. The van der Waals surface area contributed by atoms with Crippen molar-refractivity contribution in [3.63, 3.8) is 0 Å². The summed E-state index contributed by atoms with van der Waals surface area (Å²) in [7, 11) is 0. The summed E-state index contributed by atoms with van der Waals surface area (Å²) in [5, 5.41) is 0. The second kappa shape index (κ2) is 8.25. The molecule has 1 aromatic rings. The normalized spacial score (nSPS) is 35.8. The second-order valence-corrected chi connectivity index (χ2v) is 12.0. The van der Waals surface area contributed by atoms with Gasteiger partial charge in [-0.15, -0.1) is 0 Å². The molecular weight excluding hydrogens is 551 g/mol. The largest absolute Gasteiger partial charge is 1.00 e. The molecule has 4 saturated carbocycles. The van der Waals surface area contributed by atoms with Crippen LogP contribution in [0.1, 0.15) is 104 Å². The predicted molar refractivity (Wildman–Crippen MR) is 124 cm³/mol. The van der Waals surface area contributed by atoms with Crippen molar-refractivity contribution in [3.05, 3.63) is 35.9 Å². The van der Waals surface area contributed by atoms with Crippen molar-refractivity contribution in [1.82, 2.24) is 0 Å². The van der Waals surface area contributed by atoms with Gasteiger partial charge in [0.1, 0.15) is 0 Å². The second-order valence-electron chi connectivity index (χ2n) is 12.0. The van der Waals surface area contributed by atoms with Gasteiger partial charge in [-0.05, 0) is 99.0 Å². The third kappa shape index (κ3) is 3.54. The van der Waals surface area contributed by atoms with E-state index in [1.54, 1.807) is 12.1 Å². The summed E-state index contributed by atoms with van der Waals surface area (Å²) in [5.41, 5.74) is 5.30. The molecule has 1 radical (unpaired) electrons. The van der Waals surface area contributed by atoms with Crippen molar-refractivity contribution in [2.24, 2.45) is 29.1 Å². The number of rotatable bonds is 3. The molecule has 173 valence electrons. The van der Waals surface area contributed by atoms with Crippen molar-refractivity contribution < 1.29 is 29.3 Å². The Balaban J connectivity index is 0.00000114. The van der Waals surface area contributed by atoms with E-state index in [1.165, 1.54) is 43.2 Å². The molecule has 1 aliphatic heterocycles. The average molecular weight is 595 g/mol. The Morgan fingerprint density at radius 3 is 1.77 bits per heavy atom. The molecule has 1 spiro atoms. The maximum absolute atomic E-state index is 2.80. The molecule has 4 bridgehead atoms. The summed E-state index contributed by atoms with van der Waals surface area (Å²) < 4.78 is 0. The van der Waals surface area contributed by atoms with E-state index in [0.717, 1.165) is 23.7 Å². The van der Waals surface area contributed by atoms with Gasteiger partial charge in [-0.1, -0.05) is 45.9 Å². The molecule has 4 aliphatic carbocycles. The molecule has 1 saturated heterocycles. The van der Waals surface area contributed by atoms with Gasteiger partial charge in [0.05, 0.1) is 6.54 Å². The molecule has 0 aromatic heterocycles. The first-order valence-electron chi connectivity index (χ1n) is 12.0. The Bertz CT molecular complexity index is 720. The van der Waals surface area contributed by atoms with Gasteiger partial charge < -0.3 is 10.4 Å². The summed E-state index contributed by atoms with van der Waals surface area (Å²) in [6.07, 6.45) is 8.95. The van der Waals surface area contributed by atoms with Crippen molar-refractivity contribution in [1.29, 1.82) is 0 Å². The Morgan fingerprint density at radius 1 is 0.867 bits per heavy atom. The number of anilines is 1. The predicted octanol–water partition coefficient (Wildman–Crippen LogP) is 7.59. The van der Waals surface area contributed by atoms with Crippen molar-refractivity contribution in [2.45, 2.75) is 97.4 Å². The van der Waals surface area contributed by atoms with Crippen LogP contribution in [-0.2, 0) is 22.4 Å². The Morgan fingerprint density at radius 2 is 1.33 bits per heavy atom. The SMILES string of the molecule is CC(C)c1cccc(C(C)C)c1N1[CH]C2(CC1(C)C)C1CC3CC(C1)CC2C3.[Au+].[HH].[OH-]. The smallest absolute Gasteiger partial charge is 0.870 e. The van der Waals surface area contributed by atoms with E-state index in [9.17, 15) is 0 Å². The Labute approximate surface area is 201 Å². The summed E-state index contributed by atoms with van der Waals surface area (Å²) in [6, 6.07) is 7.06. The summed E-state index contributed by atoms with van der Waals surface area (Å²) in [5.74, 6) is 5.12. The Kier molecular flexibility index (Phi) is 6.70. The van der Waals surface area contributed by atoms with Gasteiger partial charge in [-0.25, -0.2) is 0 Å². The van der Waals surface area contributed by atoms with Crippen LogP contribution in [0.4, 0.5) is 5.69 Å². The fraction of sp³-hybridized carbons (Fsp3) is 0.741. The zero-order chi connectivity index (χ0) is 19.8. The van der Waals surface area contributed by atoms with Gasteiger partial charge in [-0.2, -0.15) is 0 Å². The van der Waals surface area contributed by atoms with Gasteiger partial charge in [0.25, 0.3) is 0 Å². The molecule has 1 N–H and O–H groups in total. The van der Waals surface area contributed by atoms with Crippen LogP contribution < -0.4 is 4.90 Å². The standard InChI is InChI=1S/C27H40N.Au.H2O.H2/c1-17(2)23-8-7-9-24(18(3)4)25(23)28-16-27(15-26(28,5)6)21-11-19-10-20(13-21)14-22(27)12-19;;;/h7-9,16-22H,10-15H2,1-6H3;;1H2;1H/q;+1;;/p-1. The zero-order valence-corrected chi connectivity index (χ0v) is 21.9. The molecule has 6 rings (SSSR count). The topological polar surface area (TPSA) is 33.2 Å². The fourth-order valence-electron chi connectivity index (χ4n) is 8.01. The summed E-state index contributed by atoms with van der Waals surface area (Å²) >= 11 is 0. The molecule has 2 nitrogen and oxygen atoms in total. The minimum Gasteiger partial charge on any atom is -0.870 e. The van der Waals surface area contributed by atoms with E-state index >= 15 is 0 Å². The van der Waals surface area contributed by atoms with E-state index in [0.29, 0.717) is 17.3 Å². The molecule has 1 heterocycles. The van der Waals surface area contributed by atoms with E-state index in [4.69, 9.17) is 0 Å². The Hall–Kier alpha value is -0.280. The van der Waals surface area contributed by atoms with Gasteiger partial charge in [0, 0.05) is 18.1 Å². The molecular formula is C27H43AuNO. The number of nitrogens with zero attached hydrogens (tertiary/aromatic N) is 1. The molecule has 0 amide bonds. The molecule has 0 atom stereocenters. The zero-order valence-electron chi connectivity index (χ0n) is 19.7. The minimum absolute atomic E-state index is 0. The maximum atomic E-state index is 2.80. The average Bonchev–Trinajstić information content (AvgIpc) is 2.90. The molecule has 0 unspecified atom stereocenters. The monoisotopic (exact) mass is 594 g/mol. The van der Waals surface area contributed by atoms with E-state index in [1.807, 2.05) is 0 Å². The molecule has 5 fully saturated rings. The van der Waals surface area contributed by atoms with Gasteiger partial charge in [0.2, 0.25) is 0 Å². The van der Waals surface area contributed by atoms with Crippen LogP contribution in [0.3, 0.4) is 0 Å². The van der Waals surface area contributed by atoms with Gasteiger partial charge in [0.15, 0.2) is 0 Å². The van der Waals surface area contributed by atoms with E-state index in [-0.39, 0.29) is 34.8 Å². The number of para-hydroxylation sites is 1. The first kappa shape index (κ1) is 24.4.